The molecule has 228 valence electrons. The SMILES string of the molecule is C.C=C(C)C(O)CCC(=O)OCCOCCOCCOC(C)C(=NC)c1ccc(CC)cc1.CC.CC(C)O. The highest BCUT2D eigenvalue weighted by atomic mass is 16.6. The number of benzene rings is 1. The topological polar surface area (TPSA) is 107 Å². The Labute approximate surface area is 238 Å². The van der Waals surface area contributed by atoms with Crippen molar-refractivity contribution in [1.29, 1.82) is 0 Å². The minimum absolute atomic E-state index is 0. The molecule has 0 heterocycles. The maximum Gasteiger partial charge on any atom is 0.305 e. The lowest BCUT2D eigenvalue weighted by atomic mass is 10.0. The summed E-state index contributed by atoms with van der Waals surface area (Å²) in [5, 5.41) is 17.6. The molecular formula is C31H57NO7. The average molecular weight is 556 g/mol. The number of carbonyl (C=O) groups excluding carboxylic acids is 1. The largest absolute Gasteiger partial charge is 0.463 e. The summed E-state index contributed by atoms with van der Waals surface area (Å²) in [5.74, 6) is -0.354. The molecule has 0 saturated heterocycles. The molecule has 2 unspecified atom stereocenters. The zero-order chi connectivity index (χ0) is 29.3. The number of hydrogen-bond acceptors (Lipinski definition) is 8. The highest BCUT2D eigenvalue weighted by molar-refractivity contribution is 6.03. The molecule has 0 spiro atoms. The fraction of sp³-hybridized carbons (Fsp3) is 0.677. The van der Waals surface area contributed by atoms with Crippen LogP contribution in [0, 0.1) is 0 Å². The number of aliphatic hydroxyl groups excluding tert-OH is 2. The third kappa shape index (κ3) is 23.5. The van der Waals surface area contributed by atoms with E-state index in [-0.39, 0.29) is 38.6 Å². The van der Waals surface area contributed by atoms with Gasteiger partial charge in [0.15, 0.2) is 0 Å². The van der Waals surface area contributed by atoms with Gasteiger partial charge in [-0.05, 0) is 51.7 Å². The number of aliphatic imine (C=N–C) groups is 1. The molecule has 0 radical (unpaired) electrons. The van der Waals surface area contributed by atoms with Crippen molar-refractivity contribution in [3.8, 4) is 0 Å². The number of esters is 1. The van der Waals surface area contributed by atoms with Crippen LogP contribution in [0.1, 0.15) is 79.9 Å². The number of ether oxygens (including phenoxy) is 4. The van der Waals surface area contributed by atoms with Crippen molar-refractivity contribution >= 4 is 11.7 Å². The molecule has 8 nitrogen and oxygen atoms in total. The Hall–Kier alpha value is -2.10. The zero-order valence-corrected chi connectivity index (χ0v) is 25.0. The lowest BCUT2D eigenvalue weighted by molar-refractivity contribution is -0.145. The summed E-state index contributed by atoms with van der Waals surface area (Å²) in [6, 6.07) is 8.40. The first-order valence-corrected chi connectivity index (χ1v) is 13.6. The molecule has 1 rings (SSSR count). The van der Waals surface area contributed by atoms with Crippen LogP contribution >= 0.6 is 0 Å². The zero-order valence-electron chi connectivity index (χ0n) is 25.0. The fourth-order valence-electron chi connectivity index (χ4n) is 2.93. The van der Waals surface area contributed by atoms with Gasteiger partial charge >= 0.3 is 5.97 Å². The Kier molecular flexibility index (Phi) is 29.1. The second-order valence-electron chi connectivity index (χ2n) is 8.61. The first-order chi connectivity index (χ1) is 18.1. The molecule has 0 aliphatic carbocycles. The van der Waals surface area contributed by atoms with Gasteiger partial charge in [0.1, 0.15) is 6.61 Å². The molecule has 2 N–H and O–H groups in total. The van der Waals surface area contributed by atoms with E-state index in [1.54, 1.807) is 27.8 Å². The van der Waals surface area contributed by atoms with Crippen LogP contribution in [0.2, 0.25) is 0 Å². The van der Waals surface area contributed by atoms with Crippen molar-refractivity contribution < 1.29 is 34.0 Å². The molecule has 39 heavy (non-hydrogen) atoms. The van der Waals surface area contributed by atoms with Crippen LogP contribution in [-0.4, -0.2) is 86.9 Å². The first kappa shape index (κ1) is 41.4. The van der Waals surface area contributed by atoms with Crippen LogP contribution in [0.15, 0.2) is 41.4 Å². The Morgan fingerprint density at radius 2 is 1.44 bits per heavy atom. The number of aryl methyl sites for hydroxylation is 1. The number of rotatable bonds is 17. The molecule has 0 fully saturated rings. The van der Waals surface area contributed by atoms with E-state index in [9.17, 15) is 9.90 Å². The smallest absolute Gasteiger partial charge is 0.305 e. The van der Waals surface area contributed by atoms with Gasteiger partial charge in [0.2, 0.25) is 0 Å². The van der Waals surface area contributed by atoms with E-state index in [4.69, 9.17) is 24.1 Å². The van der Waals surface area contributed by atoms with E-state index in [0.29, 0.717) is 45.0 Å². The van der Waals surface area contributed by atoms with Gasteiger partial charge in [-0.2, -0.15) is 0 Å². The van der Waals surface area contributed by atoms with Crippen LogP contribution in [0.25, 0.3) is 0 Å². The molecule has 0 aliphatic rings. The predicted octanol–water partition coefficient (Wildman–Crippen LogP) is 5.42. The lowest BCUT2D eigenvalue weighted by Gasteiger charge is -2.16. The third-order valence-corrected chi connectivity index (χ3v) is 4.93. The van der Waals surface area contributed by atoms with E-state index < -0.39 is 6.10 Å². The maximum atomic E-state index is 11.6. The molecule has 0 saturated carbocycles. The van der Waals surface area contributed by atoms with Gasteiger partial charge in [-0.25, -0.2) is 0 Å². The van der Waals surface area contributed by atoms with Gasteiger partial charge < -0.3 is 29.2 Å². The number of hydrogen-bond donors (Lipinski definition) is 2. The fourth-order valence-corrected chi connectivity index (χ4v) is 2.93. The summed E-state index contributed by atoms with van der Waals surface area (Å²) in [6.45, 7) is 19.2. The van der Waals surface area contributed by atoms with Crippen LogP contribution in [0.3, 0.4) is 0 Å². The average Bonchev–Trinajstić information content (AvgIpc) is 2.89. The minimum Gasteiger partial charge on any atom is -0.463 e. The summed E-state index contributed by atoms with van der Waals surface area (Å²) in [6.07, 6.45) is 0.525. The molecular weight excluding hydrogens is 498 g/mol. The van der Waals surface area contributed by atoms with Gasteiger partial charge in [-0.1, -0.05) is 64.6 Å². The Bertz CT molecular complexity index is 745. The summed E-state index contributed by atoms with van der Waals surface area (Å²) in [7, 11) is 1.78. The molecule has 1 aromatic rings. The maximum absolute atomic E-state index is 11.6. The van der Waals surface area contributed by atoms with Crippen LogP contribution in [0.4, 0.5) is 0 Å². The summed E-state index contributed by atoms with van der Waals surface area (Å²) in [4.78, 5) is 15.9. The minimum atomic E-state index is -0.670. The first-order valence-electron chi connectivity index (χ1n) is 13.6. The van der Waals surface area contributed by atoms with Crippen molar-refractivity contribution in [3.63, 3.8) is 0 Å². The molecule has 1 aromatic carbocycles. The Balaban J connectivity index is -0.00000169. The summed E-state index contributed by atoms with van der Waals surface area (Å²) in [5.41, 5.74) is 3.92. The van der Waals surface area contributed by atoms with E-state index >= 15 is 0 Å². The number of nitrogens with zero attached hydrogens (tertiary/aromatic N) is 1. The molecule has 8 heteroatoms. The van der Waals surface area contributed by atoms with Crippen LogP contribution in [0.5, 0.6) is 0 Å². The molecule has 0 amide bonds. The van der Waals surface area contributed by atoms with Gasteiger partial charge in [-0.3, -0.25) is 9.79 Å². The van der Waals surface area contributed by atoms with E-state index in [1.165, 1.54) is 5.56 Å². The van der Waals surface area contributed by atoms with Crippen molar-refractivity contribution in [2.75, 3.05) is 46.7 Å². The van der Waals surface area contributed by atoms with Crippen molar-refractivity contribution in [2.24, 2.45) is 4.99 Å². The number of carbonyl (C=O) groups is 1. The quantitative estimate of drug-likeness (QED) is 0.114. The Morgan fingerprint density at radius 1 is 0.949 bits per heavy atom. The lowest BCUT2D eigenvalue weighted by Crippen LogP contribution is -2.24. The van der Waals surface area contributed by atoms with E-state index in [0.717, 1.165) is 17.7 Å². The van der Waals surface area contributed by atoms with Crippen molar-refractivity contribution in [2.45, 2.75) is 93.5 Å². The standard InChI is InChI=1S/C25H39NO6.C3H8O.C2H6.CH4/c1-6-21-7-9-22(10-8-21)25(26-5)20(4)31-17-15-29-13-14-30-16-18-32-24(28)12-11-23(27)19(2)3;1-3(2)4;1-2;/h7-10,20,23,27H,2,6,11-18H2,1,3-5H3;3-4H,1-2H3;1-2H3;1H4. The van der Waals surface area contributed by atoms with Gasteiger partial charge in [0.05, 0.1) is 51.0 Å². The highest BCUT2D eigenvalue weighted by Gasteiger charge is 2.13. The van der Waals surface area contributed by atoms with Crippen LogP contribution in [-0.2, 0) is 30.2 Å². The molecule has 2 atom stereocenters. The monoisotopic (exact) mass is 555 g/mol. The van der Waals surface area contributed by atoms with E-state index in [1.807, 2.05) is 20.8 Å². The second-order valence-corrected chi connectivity index (χ2v) is 8.61. The van der Waals surface area contributed by atoms with Crippen molar-refractivity contribution in [3.05, 3.63) is 47.5 Å². The normalized spacial score (nSPS) is 12.2. The molecule has 0 aliphatic heterocycles. The summed E-state index contributed by atoms with van der Waals surface area (Å²) >= 11 is 0. The van der Waals surface area contributed by atoms with Crippen molar-refractivity contribution in [1.82, 2.24) is 0 Å². The Morgan fingerprint density at radius 3 is 1.90 bits per heavy atom. The predicted molar refractivity (Wildman–Crippen MR) is 162 cm³/mol. The third-order valence-electron chi connectivity index (χ3n) is 4.93. The van der Waals surface area contributed by atoms with Gasteiger partial charge in [-0.15, -0.1) is 0 Å². The highest BCUT2D eigenvalue weighted by Crippen LogP contribution is 2.11. The molecule has 0 aromatic heterocycles. The van der Waals surface area contributed by atoms with Gasteiger partial charge in [0.25, 0.3) is 0 Å². The van der Waals surface area contributed by atoms with Gasteiger partial charge in [0, 0.05) is 19.6 Å². The molecule has 0 bridgehead atoms. The van der Waals surface area contributed by atoms with Crippen LogP contribution < -0.4 is 0 Å². The summed E-state index contributed by atoms with van der Waals surface area (Å²) < 4.78 is 21.8. The number of aliphatic hydroxyl groups is 2. The second kappa shape index (κ2) is 27.5. The van der Waals surface area contributed by atoms with E-state index in [2.05, 4.69) is 42.8 Å².